The van der Waals surface area contributed by atoms with Gasteiger partial charge in [0.05, 0.1) is 13.2 Å². The predicted molar refractivity (Wildman–Crippen MR) is 112 cm³/mol. The molecular weight excluding hydrogens is 378 g/mol. The number of hydrogen-bond donors (Lipinski definition) is 2. The van der Waals surface area contributed by atoms with E-state index in [9.17, 15) is 9.59 Å². The molecule has 0 heterocycles. The van der Waals surface area contributed by atoms with Gasteiger partial charge in [0.1, 0.15) is 11.1 Å². The van der Waals surface area contributed by atoms with Crippen LogP contribution in [-0.2, 0) is 14.3 Å². The largest absolute Gasteiger partial charge is 0.462 e. The summed E-state index contributed by atoms with van der Waals surface area (Å²) in [6, 6.07) is 11.7. The Morgan fingerprint density at radius 1 is 1.43 bits per heavy atom. The minimum atomic E-state index is -0.766. The van der Waals surface area contributed by atoms with Crippen molar-refractivity contribution in [2.45, 2.75) is 26.0 Å². The Balaban J connectivity index is 0.000000668. The predicted octanol–water partition coefficient (Wildman–Crippen LogP) is 3.12. The third kappa shape index (κ3) is 9.80. The molecule has 8 heteroatoms. The zero-order chi connectivity index (χ0) is 21.4. The standard InChI is InChI=1S/C12H18N2O4S.C8H9N/c1-4-18-12(17)10(7-13)11(19-9(2)3)14(8-16)5-6-15;1-2-9-8-6-4-3-5-7-8/h8-9,15H,4-6H2,1-3H3;2-7,9H,1H2/b11-10-;. The molecule has 2 N–H and O–H groups in total. The number of nitrogens with zero attached hydrogens (tertiary/aromatic N) is 2. The molecule has 1 aromatic rings. The second-order valence-electron chi connectivity index (χ2n) is 5.42. The summed E-state index contributed by atoms with van der Waals surface area (Å²) in [6.07, 6.45) is 2.15. The normalized spacial score (nSPS) is 10.6. The number of hydrogen-bond acceptors (Lipinski definition) is 7. The molecule has 0 radical (unpaired) electrons. The second-order valence-corrected chi connectivity index (χ2v) is 6.98. The molecule has 152 valence electrons. The van der Waals surface area contributed by atoms with Gasteiger partial charge in [-0.2, -0.15) is 5.26 Å². The molecule has 0 saturated heterocycles. The first-order valence-electron chi connectivity index (χ1n) is 8.68. The van der Waals surface area contributed by atoms with E-state index in [2.05, 4.69) is 11.9 Å². The Morgan fingerprint density at radius 2 is 2.07 bits per heavy atom. The van der Waals surface area contributed by atoms with Gasteiger partial charge in [-0.25, -0.2) is 4.79 Å². The fraction of sp³-hybridized carbons (Fsp3) is 0.350. The van der Waals surface area contributed by atoms with Crippen molar-refractivity contribution in [2.24, 2.45) is 0 Å². The molecule has 0 fully saturated rings. The molecule has 0 atom stereocenters. The number of benzene rings is 1. The molecule has 1 rings (SSSR count). The number of aliphatic hydroxyl groups excluding tert-OH is 1. The molecular formula is C20H27N3O4S. The lowest BCUT2D eigenvalue weighted by Gasteiger charge is -2.21. The van der Waals surface area contributed by atoms with Crippen LogP contribution in [0.25, 0.3) is 0 Å². The van der Waals surface area contributed by atoms with E-state index in [4.69, 9.17) is 15.1 Å². The SMILES string of the molecule is C=CNc1ccccc1.CCOC(=O)/C(C#N)=C(\SC(C)C)N(C=O)CCO. The van der Waals surface area contributed by atoms with Crippen LogP contribution in [0.5, 0.6) is 0 Å². The van der Waals surface area contributed by atoms with Crippen molar-refractivity contribution in [3.63, 3.8) is 0 Å². The summed E-state index contributed by atoms with van der Waals surface area (Å²) in [6.45, 7) is 8.81. The molecule has 0 spiro atoms. The molecule has 0 aliphatic carbocycles. The van der Waals surface area contributed by atoms with Gasteiger partial charge >= 0.3 is 5.97 Å². The molecule has 0 bridgehead atoms. The molecule has 7 nitrogen and oxygen atoms in total. The summed E-state index contributed by atoms with van der Waals surface area (Å²) >= 11 is 1.20. The van der Waals surface area contributed by atoms with Gasteiger partial charge in [0, 0.05) is 17.5 Å². The number of ether oxygens (including phenoxy) is 1. The zero-order valence-corrected chi connectivity index (χ0v) is 17.2. The lowest BCUT2D eigenvalue weighted by Crippen LogP contribution is -2.27. The highest BCUT2D eigenvalue weighted by Crippen LogP contribution is 2.27. The maximum Gasteiger partial charge on any atom is 0.351 e. The van der Waals surface area contributed by atoms with E-state index in [1.807, 2.05) is 44.2 Å². The van der Waals surface area contributed by atoms with Crippen molar-refractivity contribution in [1.29, 1.82) is 5.26 Å². The van der Waals surface area contributed by atoms with Crippen molar-refractivity contribution < 1.29 is 19.4 Å². The Kier molecular flexibility index (Phi) is 13.8. The number of aliphatic hydroxyl groups is 1. The van der Waals surface area contributed by atoms with Crippen LogP contribution in [-0.4, -0.2) is 47.4 Å². The number of amides is 1. The maximum absolute atomic E-state index is 11.7. The molecule has 0 aliphatic heterocycles. The lowest BCUT2D eigenvalue weighted by atomic mass is 10.3. The number of rotatable bonds is 10. The summed E-state index contributed by atoms with van der Waals surface area (Å²) in [5, 5.41) is 21.3. The Hall–Kier alpha value is -2.76. The van der Waals surface area contributed by atoms with E-state index in [-0.39, 0.29) is 35.6 Å². The first-order valence-corrected chi connectivity index (χ1v) is 9.56. The van der Waals surface area contributed by atoms with E-state index >= 15 is 0 Å². The topological polar surface area (TPSA) is 103 Å². The van der Waals surface area contributed by atoms with Gasteiger partial charge in [-0.05, 0) is 25.3 Å². The summed E-state index contributed by atoms with van der Waals surface area (Å²) in [5.41, 5.74) is 0.855. The third-order valence-corrected chi connectivity index (χ3v) is 4.06. The van der Waals surface area contributed by atoms with Crippen LogP contribution in [0.2, 0.25) is 0 Å². The van der Waals surface area contributed by atoms with Crippen molar-refractivity contribution >= 4 is 29.8 Å². The molecule has 28 heavy (non-hydrogen) atoms. The van der Waals surface area contributed by atoms with E-state index in [0.717, 1.165) is 10.6 Å². The smallest absolute Gasteiger partial charge is 0.351 e. The quantitative estimate of drug-likeness (QED) is 0.267. The van der Waals surface area contributed by atoms with E-state index in [1.54, 1.807) is 19.2 Å². The summed E-state index contributed by atoms with van der Waals surface area (Å²) in [5.74, 6) is -0.766. The number of para-hydroxylation sites is 1. The van der Waals surface area contributed by atoms with E-state index in [0.29, 0.717) is 6.41 Å². The number of nitriles is 1. The third-order valence-electron chi connectivity index (χ3n) is 2.92. The van der Waals surface area contributed by atoms with Crippen LogP contribution in [0.3, 0.4) is 0 Å². The van der Waals surface area contributed by atoms with Crippen LogP contribution >= 0.6 is 11.8 Å². The highest BCUT2D eigenvalue weighted by molar-refractivity contribution is 8.03. The van der Waals surface area contributed by atoms with Gasteiger partial charge in [0.2, 0.25) is 6.41 Å². The lowest BCUT2D eigenvalue weighted by molar-refractivity contribution is -0.138. The number of esters is 1. The van der Waals surface area contributed by atoms with Gasteiger partial charge in [-0.15, -0.1) is 11.8 Å². The molecule has 1 amide bonds. The highest BCUT2D eigenvalue weighted by Gasteiger charge is 2.22. The molecule has 0 aromatic heterocycles. The second kappa shape index (κ2) is 15.3. The van der Waals surface area contributed by atoms with E-state index in [1.165, 1.54) is 11.8 Å². The van der Waals surface area contributed by atoms with Gasteiger partial charge < -0.3 is 20.1 Å². The molecule has 1 aromatic carbocycles. The van der Waals surface area contributed by atoms with Crippen molar-refractivity contribution in [3.8, 4) is 6.07 Å². The summed E-state index contributed by atoms with van der Waals surface area (Å²) < 4.78 is 4.79. The Bertz CT molecular complexity index is 684. The minimum Gasteiger partial charge on any atom is -0.462 e. The van der Waals surface area contributed by atoms with Crippen LogP contribution in [0.1, 0.15) is 20.8 Å². The fourth-order valence-electron chi connectivity index (χ4n) is 1.84. The zero-order valence-electron chi connectivity index (χ0n) is 16.4. The first-order chi connectivity index (χ1) is 13.4. The van der Waals surface area contributed by atoms with Crippen molar-refractivity contribution in [1.82, 2.24) is 4.90 Å². The fourth-order valence-corrected chi connectivity index (χ4v) is 2.80. The summed E-state index contributed by atoms with van der Waals surface area (Å²) in [4.78, 5) is 23.9. The van der Waals surface area contributed by atoms with Crippen LogP contribution in [0, 0.1) is 11.3 Å². The van der Waals surface area contributed by atoms with Crippen LogP contribution in [0.15, 0.2) is 53.7 Å². The number of thioether (sulfide) groups is 1. The maximum atomic E-state index is 11.7. The van der Waals surface area contributed by atoms with Gasteiger partial charge in [-0.3, -0.25) is 4.79 Å². The first kappa shape index (κ1) is 25.2. The van der Waals surface area contributed by atoms with Crippen molar-refractivity contribution in [2.75, 3.05) is 25.1 Å². The van der Waals surface area contributed by atoms with Crippen molar-refractivity contribution in [3.05, 3.63) is 53.7 Å². The average Bonchev–Trinajstić information content (AvgIpc) is 2.67. The van der Waals surface area contributed by atoms with Gasteiger partial charge in [0.15, 0.2) is 5.57 Å². The Labute approximate surface area is 170 Å². The number of anilines is 1. The number of carbonyl (C=O) groups excluding carboxylic acids is 2. The Morgan fingerprint density at radius 3 is 2.50 bits per heavy atom. The van der Waals surface area contributed by atoms with Crippen LogP contribution in [0.4, 0.5) is 5.69 Å². The summed E-state index contributed by atoms with van der Waals surface area (Å²) in [7, 11) is 0. The van der Waals surface area contributed by atoms with Gasteiger partial charge in [-0.1, -0.05) is 38.6 Å². The van der Waals surface area contributed by atoms with E-state index < -0.39 is 5.97 Å². The average molecular weight is 406 g/mol. The van der Waals surface area contributed by atoms with Crippen LogP contribution < -0.4 is 5.32 Å². The van der Waals surface area contributed by atoms with Gasteiger partial charge in [0.25, 0.3) is 0 Å². The molecule has 0 aliphatic rings. The molecule has 0 unspecified atom stereocenters. The highest BCUT2D eigenvalue weighted by atomic mass is 32.2. The number of carbonyl (C=O) groups is 2. The monoisotopic (exact) mass is 405 g/mol. The number of nitrogens with one attached hydrogen (secondary N) is 1. The molecule has 0 saturated carbocycles. The minimum absolute atomic E-state index is 0.0170.